The smallest absolute Gasteiger partial charge is 0.0315 e. The van der Waals surface area contributed by atoms with Crippen molar-refractivity contribution in [2.45, 2.75) is 33.4 Å². The standard InChI is InChI=1S/C15H21N3/c1-11-8-15(13(3)18(11)4)10-17-12(2)14-6-5-7-16-9-14/h5-9,12,17H,10H2,1-4H3. The van der Waals surface area contributed by atoms with Crippen molar-refractivity contribution in [1.29, 1.82) is 0 Å². The van der Waals surface area contributed by atoms with Crippen LogP contribution < -0.4 is 5.32 Å². The molecular weight excluding hydrogens is 222 g/mol. The molecule has 2 aromatic rings. The first-order valence-electron chi connectivity index (χ1n) is 6.34. The van der Waals surface area contributed by atoms with Gasteiger partial charge in [0.15, 0.2) is 0 Å². The molecule has 0 spiro atoms. The molecule has 0 radical (unpaired) electrons. The number of aryl methyl sites for hydroxylation is 1. The highest BCUT2D eigenvalue weighted by atomic mass is 15.0. The fraction of sp³-hybridized carbons (Fsp3) is 0.400. The van der Waals surface area contributed by atoms with E-state index in [0.29, 0.717) is 6.04 Å². The van der Waals surface area contributed by atoms with Crippen LogP contribution in [0.5, 0.6) is 0 Å². The summed E-state index contributed by atoms with van der Waals surface area (Å²) < 4.78 is 2.23. The topological polar surface area (TPSA) is 29.9 Å². The summed E-state index contributed by atoms with van der Waals surface area (Å²) in [6, 6.07) is 6.65. The highest BCUT2D eigenvalue weighted by molar-refractivity contribution is 5.26. The molecule has 0 aromatic carbocycles. The summed E-state index contributed by atoms with van der Waals surface area (Å²) in [5.41, 5.74) is 5.23. The van der Waals surface area contributed by atoms with Crippen LogP contribution in [-0.4, -0.2) is 9.55 Å². The Morgan fingerprint density at radius 1 is 1.39 bits per heavy atom. The second-order valence-corrected chi connectivity index (χ2v) is 4.84. The van der Waals surface area contributed by atoms with E-state index in [4.69, 9.17) is 0 Å². The third kappa shape index (κ3) is 2.62. The monoisotopic (exact) mass is 243 g/mol. The zero-order valence-electron chi connectivity index (χ0n) is 11.6. The molecule has 96 valence electrons. The van der Waals surface area contributed by atoms with Crippen LogP contribution in [0.1, 0.15) is 35.5 Å². The van der Waals surface area contributed by atoms with Gasteiger partial charge in [-0.05, 0) is 44.0 Å². The van der Waals surface area contributed by atoms with Crippen LogP contribution in [0.15, 0.2) is 30.6 Å². The zero-order valence-corrected chi connectivity index (χ0v) is 11.6. The maximum atomic E-state index is 4.15. The number of nitrogens with one attached hydrogen (secondary N) is 1. The first-order valence-corrected chi connectivity index (χ1v) is 6.34. The molecule has 2 rings (SSSR count). The van der Waals surface area contributed by atoms with E-state index in [2.05, 4.69) is 54.8 Å². The normalized spacial score (nSPS) is 12.7. The Morgan fingerprint density at radius 3 is 2.72 bits per heavy atom. The van der Waals surface area contributed by atoms with Crippen LogP contribution in [-0.2, 0) is 13.6 Å². The third-order valence-corrected chi connectivity index (χ3v) is 3.66. The summed E-state index contributed by atoms with van der Waals surface area (Å²) in [6.45, 7) is 7.37. The van der Waals surface area contributed by atoms with Crippen molar-refractivity contribution >= 4 is 0 Å². The molecule has 3 nitrogen and oxygen atoms in total. The van der Waals surface area contributed by atoms with Crippen molar-refractivity contribution in [3.63, 3.8) is 0 Å². The molecule has 0 amide bonds. The lowest BCUT2D eigenvalue weighted by molar-refractivity contribution is 0.571. The van der Waals surface area contributed by atoms with Crippen molar-refractivity contribution in [3.05, 3.63) is 53.1 Å². The minimum atomic E-state index is 0.318. The van der Waals surface area contributed by atoms with Gasteiger partial charge in [0.1, 0.15) is 0 Å². The molecule has 1 N–H and O–H groups in total. The molecule has 0 bridgehead atoms. The van der Waals surface area contributed by atoms with Gasteiger partial charge in [-0.2, -0.15) is 0 Å². The number of aromatic nitrogens is 2. The van der Waals surface area contributed by atoms with Crippen molar-refractivity contribution in [1.82, 2.24) is 14.9 Å². The van der Waals surface area contributed by atoms with Crippen molar-refractivity contribution in [3.8, 4) is 0 Å². The van der Waals surface area contributed by atoms with E-state index >= 15 is 0 Å². The van der Waals surface area contributed by atoms with E-state index in [1.54, 1.807) is 6.20 Å². The van der Waals surface area contributed by atoms with Crippen LogP contribution in [0.25, 0.3) is 0 Å². The fourth-order valence-corrected chi connectivity index (χ4v) is 2.13. The third-order valence-electron chi connectivity index (χ3n) is 3.66. The van der Waals surface area contributed by atoms with Gasteiger partial charge >= 0.3 is 0 Å². The van der Waals surface area contributed by atoms with E-state index in [9.17, 15) is 0 Å². The van der Waals surface area contributed by atoms with Gasteiger partial charge in [-0.25, -0.2) is 0 Å². The molecule has 0 aliphatic rings. The number of hydrogen-bond donors (Lipinski definition) is 1. The maximum absolute atomic E-state index is 4.15. The Labute approximate surface area is 109 Å². The Morgan fingerprint density at radius 2 is 2.17 bits per heavy atom. The molecular formula is C15H21N3. The summed E-state index contributed by atoms with van der Waals surface area (Å²) >= 11 is 0. The van der Waals surface area contributed by atoms with E-state index in [1.807, 2.05) is 12.3 Å². The Balaban J connectivity index is 2.02. The van der Waals surface area contributed by atoms with E-state index in [0.717, 1.165) is 6.54 Å². The summed E-state index contributed by atoms with van der Waals surface area (Å²) in [5.74, 6) is 0. The Hall–Kier alpha value is -1.61. The van der Waals surface area contributed by atoms with Crippen LogP contribution in [0, 0.1) is 13.8 Å². The van der Waals surface area contributed by atoms with Crippen molar-refractivity contribution < 1.29 is 0 Å². The van der Waals surface area contributed by atoms with Gasteiger partial charge in [-0.3, -0.25) is 4.98 Å². The SMILES string of the molecule is Cc1cc(CNC(C)c2cccnc2)c(C)n1C. The second-order valence-electron chi connectivity index (χ2n) is 4.84. The van der Waals surface area contributed by atoms with Crippen LogP contribution in [0.2, 0.25) is 0 Å². The average molecular weight is 243 g/mol. The van der Waals surface area contributed by atoms with Gasteiger partial charge in [-0.1, -0.05) is 6.07 Å². The molecule has 0 saturated heterocycles. The molecule has 0 fully saturated rings. The van der Waals surface area contributed by atoms with Gasteiger partial charge in [0.05, 0.1) is 0 Å². The molecule has 1 unspecified atom stereocenters. The van der Waals surface area contributed by atoms with Gasteiger partial charge in [-0.15, -0.1) is 0 Å². The number of rotatable bonds is 4. The lowest BCUT2D eigenvalue weighted by atomic mass is 10.1. The van der Waals surface area contributed by atoms with Gasteiger partial charge < -0.3 is 9.88 Å². The Kier molecular flexibility index (Phi) is 3.82. The highest BCUT2D eigenvalue weighted by Crippen LogP contribution is 2.15. The predicted molar refractivity (Wildman–Crippen MR) is 74.4 cm³/mol. The fourth-order valence-electron chi connectivity index (χ4n) is 2.13. The summed E-state index contributed by atoms with van der Waals surface area (Å²) in [4.78, 5) is 4.15. The van der Waals surface area contributed by atoms with E-state index in [-0.39, 0.29) is 0 Å². The molecule has 18 heavy (non-hydrogen) atoms. The highest BCUT2D eigenvalue weighted by Gasteiger charge is 2.08. The van der Waals surface area contributed by atoms with Crippen molar-refractivity contribution in [2.75, 3.05) is 0 Å². The Bertz CT molecular complexity index is 514. The number of nitrogens with zero attached hydrogens (tertiary/aromatic N) is 2. The summed E-state index contributed by atoms with van der Waals surface area (Å²) in [6.07, 6.45) is 3.72. The van der Waals surface area contributed by atoms with Crippen LogP contribution >= 0.6 is 0 Å². The van der Waals surface area contributed by atoms with Crippen LogP contribution in [0.3, 0.4) is 0 Å². The summed E-state index contributed by atoms with van der Waals surface area (Å²) in [7, 11) is 2.11. The molecule has 0 saturated carbocycles. The lowest BCUT2D eigenvalue weighted by Crippen LogP contribution is -2.18. The molecule has 2 aromatic heterocycles. The predicted octanol–water partition coefficient (Wildman–Crippen LogP) is 2.89. The summed E-state index contributed by atoms with van der Waals surface area (Å²) in [5, 5.41) is 3.54. The largest absolute Gasteiger partial charge is 0.352 e. The van der Waals surface area contributed by atoms with Crippen LogP contribution in [0.4, 0.5) is 0 Å². The van der Waals surface area contributed by atoms with E-state index in [1.165, 1.54) is 22.5 Å². The first-order chi connectivity index (χ1) is 8.59. The number of pyridine rings is 1. The molecule has 1 atom stereocenters. The second kappa shape index (κ2) is 5.36. The first kappa shape index (κ1) is 12.8. The quantitative estimate of drug-likeness (QED) is 0.895. The van der Waals surface area contributed by atoms with Gasteiger partial charge in [0.25, 0.3) is 0 Å². The lowest BCUT2D eigenvalue weighted by Gasteiger charge is -2.13. The molecule has 3 heteroatoms. The minimum absolute atomic E-state index is 0.318. The van der Waals surface area contributed by atoms with Gasteiger partial charge in [0, 0.05) is 43.4 Å². The zero-order chi connectivity index (χ0) is 13.1. The van der Waals surface area contributed by atoms with E-state index < -0.39 is 0 Å². The maximum Gasteiger partial charge on any atom is 0.0315 e. The molecule has 2 heterocycles. The van der Waals surface area contributed by atoms with Gasteiger partial charge in [0.2, 0.25) is 0 Å². The molecule has 0 aliphatic carbocycles. The van der Waals surface area contributed by atoms with Crippen molar-refractivity contribution in [2.24, 2.45) is 7.05 Å². The number of hydrogen-bond acceptors (Lipinski definition) is 2. The minimum Gasteiger partial charge on any atom is -0.352 e. The average Bonchev–Trinajstić information content (AvgIpc) is 2.64. The molecule has 0 aliphatic heterocycles.